The number of carbonyl (C=O) groups is 1. The van der Waals surface area contributed by atoms with Gasteiger partial charge in [0.15, 0.2) is 6.61 Å². The summed E-state index contributed by atoms with van der Waals surface area (Å²) in [5.74, 6) is 0.253. The Balaban J connectivity index is 1.61. The van der Waals surface area contributed by atoms with E-state index in [0.29, 0.717) is 16.3 Å². The molecule has 1 aliphatic heterocycles. The van der Waals surface area contributed by atoms with E-state index in [4.69, 9.17) is 16.3 Å². The number of hydrogen-bond donors (Lipinski definition) is 0. The van der Waals surface area contributed by atoms with Gasteiger partial charge in [0.05, 0.1) is 9.82 Å². The zero-order chi connectivity index (χ0) is 21.9. The highest BCUT2D eigenvalue weighted by Crippen LogP contribution is 2.25. The van der Waals surface area contributed by atoms with Gasteiger partial charge in [-0.3, -0.25) is 14.9 Å². The van der Waals surface area contributed by atoms with E-state index in [1.54, 1.807) is 31.2 Å². The Kier molecular flexibility index (Phi) is 6.59. The molecule has 2 aromatic rings. The molecule has 0 aromatic heterocycles. The Morgan fingerprint density at radius 3 is 2.37 bits per heavy atom. The van der Waals surface area contributed by atoms with Crippen LogP contribution in [-0.4, -0.2) is 61.2 Å². The molecular weight excluding hydrogens is 434 g/mol. The summed E-state index contributed by atoms with van der Waals surface area (Å²) in [6.07, 6.45) is 0. The van der Waals surface area contributed by atoms with Crippen LogP contribution >= 0.6 is 11.6 Å². The molecule has 160 valence electrons. The van der Waals surface area contributed by atoms with E-state index in [9.17, 15) is 23.3 Å². The van der Waals surface area contributed by atoms with Crippen LogP contribution in [0.2, 0.25) is 5.02 Å². The molecule has 0 N–H and O–H groups in total. The number of sulfonamides is 1. The van der Waals surface area contributed by atoms with Gasteiger partial charge in [0.1, 0.15) is 5.75 Å². The molecule has 0 saturated carbocycles. The first-order valence-electron chi connectivity index (χ1n) is 9.10. The molecule has 1 fully saturated rings. The molecule has 1 amide bonds. The van der Waals surface area contributed by atoms with Crippen LogP contribution in [0.25, 0.3) is 0 Å². The summed E-state index contributed by atoms with van der Waals surface area (Å²) < 4.78 is 32.6. The van der Waals surface area contributed by atoms with Crippen LogP contribution in [0, 0.1) is 17.0 Å². The highest BCUT2D eigenvalue weighted by molar-refractivity contribution is 7.89. The number of aryl methyl sites for hydroxylation is 1. The number of nitrogens with zero attached hydrogens (tertiary/aromatic N) is 3. The van der Waals surface area contributed by atoms with Crippen LogP contribution < -0.4 is 4.74 Å². The zero-order valence-corrected chi connectivity index (χ0v) is 17.7. The molecule has 0 spiro atoms. The maximum Gasteiger partial charge on any atom is 0.270 e. The van der Waals surface area contributed by atoms with Crippen molar-refractivity contribution < 1.29 is 22.9 Å². The van der Waals surface area contributed by atoms with Crippen LogP contribution in [-0.2, 0) is 14.8 Å². The number of benzene rings is 2. The lowest BCUT2D eigenvalue weighted by molar-refractivity contribution is -0.385. The molecular formula is C19H20ClN3O6S. The number of non-ortho nitro benzene ring substituents is 1. The van der Waals surface area contributed by atoms with Gasteiger partial charge >= 0.3 is 0 Å². The van der Waals surface area contributed by atoms with E-state index in [1.807, 2.05) is 0 Å². The minimum atomic E-state index is -3.91. The molecule has 3 rings (SSSR count). The van der Waals surface area contributed by atoms with Gasteiger partial charge in [-0.15, -0.1) is 0 Å². The second kappa shape index (κ2) is 8.99. The van der Waals surface area contributed by atoms with Crippen LogP contribution in [0.15, 0.2) is 47.4 Å². The van der Waals surface area contributed by atoms with Crippen LogP contribution in [0.1, 0.15) is 5.56 Å². The van der Waals surface area contributed by atoms with Gasteiger partial charge in [-0.2, -0.15) is 4.31 Å². The predicted molar refractivity (Wildman–Crippen MR) is 110 cm³/mol. The standard InChI is InChI=1S/C19H20ClN3O6S/c1-14-2-5-16(23(25)26)12-18(14)30(27,28)22-10-8-21(9-11-22)19(24)13-29-17-6-3-15(20)4-7-17/h2-7,12H,8-11,13H2,1H3. The van der Waals surface area contributed by atoms with E-state index in [0.717, 1.165) is 6.07 Å². The minimum absolute atomic E-state index is 0.0944. The Labute approximate surface area is 179 Å². The lowest BCUT2D eigenvalue weighted by Crippen LogP contribution is -2.51. The maximum atomic E-state index is 13.0. The summed E-state index contributed by atoms with van der Waals surface area (Å²) >= 11 is 5.81. The fraction of sp³-hybridized carbons (Fsp3) is 0.316. The van der Waals surface area contributed by atoms with Crippen molar-refractivity contribution in [1.29, 1.82) is 0 Å². The normalized spacial score (nSPS) is 15.1. The first kappa shape index (κ1) is 22.0. The van der Waals surface area contributed by atoms with Crippen molar-refractivity contribution in [3.05, 3.63) is 63.2 Å². The zero-order valence-electron chi connectivity index (χ0n) is 16.2. The third-order valence-corrected chi connectivity index (χ3v) is 7.06. The van der Waals surface area contributed by atoms with Crippen molar-refractivity contribution in [2.75, 3.05) is 32.8 Å². The largest absolute Gasteiger partial charge is 0.484 e. The van der Waals surface area contributed by atoms with Gasteiger partial charge in [0, 0.05) is 43.3 Å². The quantitative estimate of drug-likeness (QED) is 0.490. The number of hydrogen-bond acceptors (Lipinski definition) is 6. The molecule has 0 bridgehead atoms. The summed E-state index contributed by atoms with van der Waals surface area (Å²) in [6, 6.07) is 10.4. The maximum absolute atomic E-state index is 13.0. The monoisotopic (exact) mass is 453 g/mol. The minimum Gasteiger partial charge on any atom is -0.484 e. The highest BCUT2D eigenvalue weighted by atomic mass is 35.5. The summed E-state index contributed by atoms with van der Waals surface area (Å²) in [5, 5.41) is 11.6. The topological polar surface area (TPSA) is 110 Å². The Morgan fingerprint density at radius 1 is 1.13 bits per heavy atom. The van der Waals surface area contributed by atoms with Gasteiger partial charge in [0.2, 0.25) is 10.0 Å². The van der Waals surface area contributed by atoms with Crippen molar-refractivity contribution in [1.82, 2.24) is 9.21 Å². The van der Waals surface area contributed by atoms with Gasteiger partial charge in [-0.05, 0) is 36.8 Å². The van der Waals surface area contributed by atoms with Crippen molar-refractivity contribution in [3.8, 4) is 5.75 Å². The fourth-order valence-electron chi connectivity index (χ4n) is 3.06. The summed E-state index contributed by atoms with van der Waals surface area (Å²) in [7, 11) is -3.91. The number of nitro benzene ring substituents is 1. The van der Waals surface area contributed by atoms with E-state index >= 15 is 0 Å². The van der Waals surface area contributed by atoms with Crippen molar-refractivity contribution in [2.45, 2.75) is 11.8 Å². The third-order valence-electron chi connectivity index (χ3n) is 4.77. The number of ether oxygens (including phenoxy) is 1. The Hall–Kier alpha value is -2.69. The summed E-state index contributed by atoms with van der Waals surface area (Å²) in [4.78, 5) is 24.2. The lowest BCUT2D eigenvalue weighted by Gasteiger charge is -2.34. The molecule has 1 saturated heterocycles. The smallest absolute Gasteiger partial charge is 0.270 e. The molecule has 11 heteroatoms. The van der Waals surface area contributed by atoms with Crippen LogP contribution in [0.3, 0.4) is 0 Å². The van der Waals surface area contributed by atoms with Gasteiger partial charge < -0.3 is 9.64 Å². The van der Waals surface area contributed by atoms with E-state index < -0.39 is 14.9 Å². The van der Waals surface area contributed by atoms with Crippen LogP contribution in [0.4, 0.5) is 5.69 Å². The molecule has 2 aromatic carbocycles. The molecule has 9 nitrogen and oxygen atoms in total. The fourth-order valence-corrected chi connectivity index (χ4v) is 4.86. The van der Waals surface area contributed by atoms with Crippen molar-refractivity contribution in [2.24, 2.45) is 0 Å². The SMILES string of the molecule is Cc1ccc([N+](=O)[O-])cc1S(=O)(=O)N1CCN(C(=O)COc2ccc(Cl)cc2)CC1. The van der Waals surface area contributed by atoms with E-state index in [2.05, 4.69) is 0 Å². The average Bonchev–Trinajstić information content (AvgIpc) is 2.73. The summed E-state index contributed by atoms with van der Waals surface area (Å²) in [6.45, 7) is 2.02. The molecule has 1 heterocycles. The molecule has 1 aliphatic rings. The van der Waals surface area contributed by atoms with Gasteiger partial charge in [-0.1, -0.05) is 17.7 Å². The number of halogens is 1. The first-order valence-corrected chi connectivity index (χ1v) is 10.9. The molecule has 0 aliphatic carbocycles. The molecule has 0 atom stereocenters. The van der Waals surface area contributed by atoms with Crippen LogP contribution in [0.5, 0.6) is 5.75 Å². The lowest BCUT2D eigenvalue weighted by atomic mass is 10.2. The number of amides is 1. The Morgan fingerprint density at radius 2 is 1.77 bits per heavy atom. The third kappa shape index (κ3) is 4.89. The first-order chi connectivity index (χ1) is 14.2. The number of carbonyl (C=O) groups excluding carboxylic acids is 1. The molecule has 0 unspecified atom stereocenters. The van der Waals surface area contributed by atoms with Crippen molar-refractivity contribution in [3.63, 3.8) is 0 Å². The second-order valence-electron chi connectivity index (χ2n) is 6.73. The average molecular weight is 454 g/mol. The highest BCUT2D eigenvalue weighted by Gasteiger charge is 2.32. The van der Waals surface area contributed by atoms with Gasteiger partial charge in [0.25, 0.3) is 11.6 Å². The van der Waals surface area contributed by atoms with Gasteiger partial charge in [-0.25, -0.2) is 8.42 Å². The Bertz CT molecular complexity index is 1050. The number of rotatable bonds is 6. The van der Waals surface area contributed by atoms with E-state index in [-0.39, 0.29) is 49.3 Å². The predicted octanol–water partition coefficient (Wildman–Crippen LogP) is 2.47. The van der Waals surface area contributed by atoms with Crippen molar-refractivity contribution >= 4 is 33.2 Å². The second-order valence-corrected chi connectivity index (χ2v) is 9.08. The molecule has 0 radical (unpaired) electrons. The number of piperazine rings is 1. The number of nitro groups is 1. The molecule has 30 heavy (non-hydrogen) atoms. The summed E-state index contributed by atoms with van der Waals surface area (Å²) in [5.41, 5.74) is 0.141. The van der Waals surface area contributed by atoms with E-state index in [1.165, 1.54) is 21.3 Å².